The van der Waals surface area contributed by atoms with Crippen LogP contribution in [0.25, 0.3) is 0 Å². The summed E-state index contributed by atoms with van der Waals surface area (Å²) in [6.45, 7) is 4.57. The van der Waals surface area contributed by atoms with Crippen LogP contribution in [0.4, 0.5) is 0 Å². The summed E-state index contributed by atoms with van der Waals surface area (Å²) in [5.41, 5.74) is 1.69. The molecule has 2 aromatic rings. The van der Waals surface area contributed by atoms with Crippen molar-refractivity contribution in [2.45, 2.75) is 19.9 Å². The minimum Gasteiger partial charge on any atom is -0.494 e. The van der Waals surface area contributed by atoms with E-state index in [0.717, 1.165) is 15.8 Å². The third kappa shape index (κ3) is 4.33. The molecule has 0 saturated carbocycles. The van der Waals surface area contributed by atoms with Crippen LogP contribution in [0.15, 0.2) is 53.0 Å². The van der Waals surface area contributed by atoms with Crippen molar-refractivity contribution in [1.82, 2.24) is 5.32 Å². The number of benzene rings is 2. The molecule has 1 N–H and O–H groups in total. The SMILES string of the molecule is CCOc1ccc([C@@H](C)NC(=O)c2ccc(Br)cc2)cc1. The molecule has 4 heteroatoms. The van der Waals surface area contributed by atoms with E-state index in [4.69, 9.17) is 4.74 Å². The molecule has 21 heavy (non-hydrogen) atoms. The fourth-order valence-electron chi connectivity index (χ4n) is 1.98. The number of nitrogens with one attached hydrogen (secondary N) is 1. The maximum absolute atomic E-state index is 12.2. The molecule has 0 aliphatic rings. The zero-order valence-electron chi connectivity index (χ0n) is 12.1. The Hall–Kier alpha value is -1.81. The third-order valence-electron chi connectivity index (χ3n) is 3.15. The van der Waals surface area contributed by atoms with Crippen molar-refractivity contribution >= 4 is 21.8 Å². The average Bonchev–Trinajstić information content (AvgIpc) is 2.49. The van der Waals surface area contributed by atoms with Crippen LogP contribution in [0.5, 0.6) is 5.75 Å². The van der Waals surface area contributed by atoms with E-state index in [9.17, 15) is 4.79 Å². The molecule has 1 amide bonds. The van der Waals surface area contributed by atoms with Gasteiger partial charge in [0.05, 0.1) is 12.6 Å². The molecule has 0 bridgehead atoms. The normalized spacial score (nSPS) is 11.8. The molecule has 0 radical (unpaired) electrons. The largest absolute Gasteiger partial charge is 0.494 e. The summed E-state index contributed by atoms with van der Waals surface area (Å²) in [4.78, 5) is 12.2. The van der Waals surface area contributed by atoms with Crippen molar-refractivity contribution in [2.75, 3.05) is 6.61 Å². The monoisotopic (exact) mass is 347 g/mol. The van der Waals surface area contributed by atoms with E-state index < -0.39 is 0 Å². The Morgan fingerprint density at radius 3 is 2.33 bits per heavy atom. The van der Waals surface area contributed by atoms with Gasteiger partial charge in [-0.25, -0.2) is 0 Å². The fourth-order valence-corrected chi connectivity index (χ4v) is 2.25. The summed E-state index contributed by atoms with van der Waals surface area (Å²) in [7, 11) is 0. The van der Waals surface area contributed by atoms with Crippen molar-refractivity contribution in [3.8, 4) is 5.75 Å². The predicted octanol–water partition coefficient (Wildman–Crippen LogP) is 4.34. The van der Waals surface area contributed by atoms with E-state index >= 15 is 0 Å². The lowest BCUT2D eigenvalue weighted by Gasteiger charge is -2.15. The molecule has 110 valence electrons. The second-order valence-corrected chi connectivity index (χ2v) is 5.62. The van der Waals surface area contributed by atoms with Crippen LogP contribution in [0.1, 0.15) is 35.8 Å². The van der Waals surface area contributed by atoms with E-state index in [2.05, 4.69) is 21.2 Å². The van der Waals surface area contributed by atoms with E-state index in [1.165, 1.54) is 0 Å². The first kappa shape index (κ1) is 15.6. The summed E-state index contributed by atoms with van der Waals surface area (Å²) in [5.74, 6) is 0.761. The van der Waals surface area contributed by atoms with E-state index in [1.807, 2.05) is 50.2 Å². The van der Waals surface area contributed by atoms with Crippen LogP contribution in [0.2, 0.25) is 0 Å². The maximum Gasteiger partial charge on any atom is 0.251 e. The Morgan fingerprint density at radius 2 is 1.76 bits per heavy atom. The number of rotatable bonds is 5. The van der Waals surface area contributed by atoms with Gasteiger partial charge in [-0.05, 0) is 55.8 Å². The van der Waals surface area contributed by atoms with Gasteiger partial charge < -0.3 is 10.1 Å². The molecule has 0 saturated heterocycles. The Kier molecular flexibility index (Phi) is 5.39. The van der Waals surface area contributed by atoms with Gasteiger partial charge in [0.2, 0.25) is 0 Å². The number of amides is 1. The molecule has 0 fully saturated rings. The molecule has 3 nitrogen and oxygen atoms in total. The standard InChI is InChI=1S/C17H18BrNO2/c1-3-21-16-10-6-13(7-11-16)12(2)19-17(20)14-4-8-15(18)9-5-14/h4-12H,3H2,1-2H3,(H,19,20)/t12-/m1/s1. The van der Waals surface area contributed by atoms with Crippen molar-refractivity contribution in [1.29, 1.82) is 0 Å². The lowest BCUT2D eigenvalue weighted by molar-refractivity contribution is 0.0940. The maximum atomic E-state index is 12.2. The first-order valence-electron chi connectivity index (χ1n) is 6.89. The van der Waals surface area contributed by atoms with E-state index in [-0.39, 0.29) is 11.9 Å². The van der Waals surface area contributed by atoms with Crippen LogP contribution in [-0.2, 0) is 0 Å². The van der Waals surface area contributed by atoms with Gasteiger partial charge in [-0.3, -0.25) is 4.79 Å². The predicted molar refractivity (Wildman–Crippen MR) is 87.6 cm³/mol. The fraction of sp³-hybridized carbons (Fsp3) is 0.235. The lowest BCUT2D eigenvalue weighted by Crippen LogP contribution is -2.26. The zero-order chi connectivity index (χ0) is 15.2. The Bertz CT molecular complexity index is 593. The molecule has 0 aliphatic carbocycles. The molecule has 0 spiro atoms. The number of carbonyl (C=O) groups is 1. The summed E-state index contributed by atoms with van der Waals surface area (Å²) in [6.07, 6.45) is 0. The van der Waals surface area contributed by atoms with Gasteiger partial charge >= 0.3 is 0 Å². The molecular weight excluding hydrogens is 330 g/mol. The average molecular weight is 348 g/mol. The highest BCUT2D eigenvalue weighted by Crippen LogP contribution is 2.18. The van der Waals surface area contributed by atoms with Gasteiger partial charge in [-0.15, -0.1) is 0 Å². The minimum absolute atomic E-state index is 0.0585. The third-order valence-corrected chi connectivity index (χ3v) is 3.67. The minimum atomic E-state index is -0.0797. The summed E-state index contributed by atoms with van der Waals surface area (Å²) < 4.78 is 6.37. The van der Waals surface area contributed by atoms with Crippen LogP contribution >= 0.6 is 15.9 Å². The van der Waals surface area contributed by atoms with Gasteiger partial charge in [0.15, 0.2) is 0 Å². The number of hydrogen-bond acceptors (Lipinski definition) is 2. The van der Waals surface area contributed by atoms with Crippen molar-refractivity contribution in [2.24, 2.45) is 0 Å². The topological polar surface area (TPSA) is 38.3 Å². The molecule has 0 heterocycles. The van der Waals surface area contributed by atoms with Crippen molar-refractivity contribution in [3.63, 3.8) is 0 Å². The second-order valence-electron chi connectivity index (χ2n) is 4.70. The van der Waals surface area contributed by atoms with Crippen molar-refractivity contribution in [3.05, 3.63) is 64.1 Å². The summed E-state index contributed by atoms with van der Waals surface area (Å²) in [5, 5.41) is 2.99. The van der Waals surface area contributed by atoms with Crippen LogP contribution in [0, 0.1) is 0 Å². The number of hydrogen-bond donors (Lipinski definition) is 1. The van der Waals surface area contributed by atoms with Gasteiger partial charge in [0.1, 0.15) is 5.75 Å². The molecule has 0 aliphatic heterocycles. The smallest absolute Gasteiger partial charge is 0.251 e. The lowest BCUT2D eigenvalue weighted by atomic mass is 10.1. The van der Waals surface area contributed by atoms with Crippen LogP contribution in [0.3, 0.4) is 0 Å². The van der Waals surface area contributed by atoms with Gasteiger partial charge in [-0.1, -0.05) is 28.1 Å². The quantitative estimate of drug-likeness (QED) is 0.873. The highest BCUT2D eigenvalue weighted by Gasteiger charge is 2.11. The highest BCUT2D eigenvalue weighted by atomic mass is 79.9. The molecule has 2 aromatic carbocycles. The first-order valence-corrected chi connectivity index (χ1v) is 7.68. The Morgan fingerprint density at radius 1 is 1.14 bits per heavy atom. The first-order chi connectivity index (χ1) is 10.1. The zero-order valence-corrected chi connectivity index (χ0v) is 13.7. The molecule has 1 atom stereocenters. The van der Waals surface area contributed by atoms with E-state index in [0.29, 0.717) is 12.2 Å². The van der Waals surface area contributed by atoms with Gasteiger partial charge in [0.25, 0.3) is 5.91 Å². The number of halogens is 1. The molecule has 2 rings (SSSR count). The molecular formula is C17H18BrNO2. The molecule has 0 aromatic heterocycles. The number of carbonyl (C=O) groups excluding carboxylic acids is 1. The van der Waals surface area contributed by atoms with Gasteiger partial charge in [-0.2, -0.15) is 0 Å². The van der Waals surface area contributed by atoms with Crippen molar-refractivity contribution < 1.29 is 9.53 Å². The second kappa shape index (κ2) is 7.27. The summed E-state index contributed by atoms with van der Waals surface area (Å²) in [6, 6.07) is 15.0. The Balaban J connectivity index is 2.01. The van der Waals surface area contributed by atoms with Crippen LogP contribution < -0.4 is 10.1 Å². The molecule has 0 unspecified atom stereocenters. The Labute approximate surface area is 133 Å². The van der Waals surface area contributed by atoms with E-state index in [1.54, 1.807) is 12.1 Å². The van der Waals surface area contributed by atoms with Gasteiger partial charge in [0, 0.05) is 10.0 Å². The van der Waals surface area contributed by atoms with Crippen LogP contribution in [-0.4, -0.2) is 12.5 Å². The number of ether oxygens (including phenoxy) is 1. The highest BCUT2D eigenvalue weighted by molar-refractivity contribution is 9.10. The summed E-state index contributed by atoms with van der Waals surface area (Å²) >= 11 is 3.36.